The molecule has 0 fully saturated rings. The van der Waals surface area contributed by atoms with Gasteiger partial charge in [-0.15, -0.1) is 0 Å². The van der Waals surface area contributed by atoms with Crippen molar-refractivity contribution in [2.75, 3.05) is 0 Å². The summed E-state index contributed by atoms with van der Waals surface area (Å²) in [7, 11) is 0. The summed E-state index contributed by atoms with van der Waals surface area (Å²) >= 11 is 0. The Morgan fingerprint density at radius 2 is 2.12 bits per heavy atom. The minimum atomic E-state index is -0.491. The fourth-order valence-electron chi connectivity index (χ4n) is 1.29. The van der Waals surface area contributed by atoms with Crippen LogP contribution in [0.3, 0.4) is 0 Å². The molecular weight excluding hydrogens is 222 g/mol. The van der Waals surface area contributed by atoms with E-state index in [0.29, 0.717) is 5.75 Å². The van der Waals surface area contributed by atoms with Crippen molar-refractivity contribution in [1.29, 1.82) is 0 Å². The lowest BCUT2D eigenvalue weighted by atomic mass is 10.2. The van der Waals surface area contributed by atoms with Gasteiger partial charge in [-0.2, -0.15) is 5.10 Å². The summed E-state index contributed by atoms with van der Waals surface area (Å²) in [6.07, 6.45) is 2.52. The molecule has 2 rings (SSSR count). The SMILES string of the molecule is Cc1ccc(OCn2cc([N+](=O)[O-])cn2)cc1. The van der Waals surface area contributed by atoms with Crippen LogP contribution in [0.5, 0.6) is 5.75 Å². The maximum atomic E-state index is 10.4. The number of hydrogen-bond acceptors (Lipinski definition) is 4. The molecular formula is C11H11N3O3. The summed E-state index contributed by atoms with van der Waals surface area (Å²) in [6, 6.07) is 7.54. The third-order valence-corrected chi connectivity index (χ3v) is 2.21. The highest BCUT2D eigenvalue weighted by atomic mass is 16.6. The van der Waals surface area contributed by atoms with Crippen LogP contribution in [0, 0.1) is 17.0 Å². The van der Waals surface area contributed by atoms with Gasteiger partial charge in [0.1, 0.15) is 18.1 Å². The Kier molecular flexibility index (Phi) is 3.04. The van der Waals surface area contributed by atoms with Gasteiger partial charge in [0.15, 0.2) is 6.73 Å². The van der Waals surface area contributed by atoms with Gasteiger partial charge < -0.3 is 4.74 Å². The number of nitrogens with zero attached hydrogens (tertiary/aromatic N) is 3. The number of benzene rings is 1. The van der Waals surface area contributed by atoms with E-state index in [4.69, 9.17) is 4.74 Å². The average Bonchev–Trinajstić information content (AvgIpc) is 2.77. The Balaban J connectivity index is 1.97. The van der Waals surface area contributed by atoms with Gasteiger partial charge in [0.2, 0.25) is 0 Å². The predicted molar refractivity (Wildman–Crippen MR) is 60.7 cm³/mol. The molecule has 0 radical (unpaired) electrons. The Bertz CT molecular complexity index is 519. The lowest BCUT2D eigenvalue weighted by Gasteiger charge is -2.05. The monoisotopic (exact) mass is 233 g/mol. The summed E-state index contributed by atoms with van der Waals surface area (Å²) in [5, 5.41) is 14.3. The van der Waals surface area contributed by atoms with Crippen molar-refractivity contribution in [1.82, 2.24) is 9.78 Å². The molecule has 88 valence electrons. The zero-order valence-corrected chi connectivity index (χ0v) is 9.24. The van der Waals surface area contributed by atoms with Crippen molar-refractivity contribution < 1.29 is 9.66 Å². The minimum Gasteiger partial charge on any atom is -0.471 e. The standard InChI is InChI=1S/C11H11N3O3/c1-9-2-4-11(5-3-9)17-8-13-7-10(6-12-13)14(15)16/h2-7H,8H2,1H3. The molecule has 0 aliphatic carbocycles. The van der Waals surface area contributed by atoms with Gasteiger partial charge in [-0.05, 0) is 19.1 Å². The first kappa shape index (κ1) is 11.1. The molecule has 0 aliphatic heterocycles. The van der Waals surface area contributed by atoms with Crippen molar-refractivity contribution in [3.05, 3.63) is 52.3 Å². The van der Waals surface area contributed by atoms with Gasteiger partial charge >= 0.3 is 5.69 Å². The molecule has 0 N–H and O–H groups in total. The third kappa shape index (κ3) is 2.81. The zero-order chi connectivity index (χ0) is 12.3. The number of aromatic nitrogens is 2. The number of rotatable bonds is 4. The quantitative estimate of drug-likeness (QED) is 0.599. The van der Waals surface area contributed by atoms with E-state index in [1.165, 1.54) is 17.1 Å². The first-order valence-electron chi connectivity index (χ1n) is 5.01. The highest BCUT2D eigenvalue weighted by Gasteiger charge is 2.08. The molecule has 0 unspecified atom stereocenters. The third-order valence-electron chi connectivity index (χ3n) is 2.21. The molecule has 6 heteroatoms. The Morgan fingerprint density at radius 3 is 2.71 bits per heavy atom. The van der Waals surface area contributed by atoms with E-state index in [-0.39, 0.29) is 12.4 Å². The van der Waals surface area contributed by atoms with Crippen LogP contribution in [0.1, 0.15) is 5.56 Å². The first-order chi connectivity index (χ1) is 8.15. The van der Waals surface area contributed by atoms with Crippen LogP contribution in [-0.4, -0.2) is 14.7 Å². The van der Waals surface area contributed by atoms with Gasteiger partial charge in [-0.25, -0.2) is 4.68 Å². The van der Waals surface area contributed by atoms with Crippen molar-refractivity contribution in [2.24, 2.45) is 0 Å². The number of ether oxygens (including phenoxy) is 1. The van der Waals surface area contributed by atoms with Crippen LogP contribution in [0.15, 0.2) is 36.7 Å². The average molecular weight is 233 g/mol. The lowest BCUT2D eigenvalue weighted by Crippen LogP contribution is -2.05. The molecule has 17 heavy (non-hydrogen) atoms. The number of nitro groups is 1. The summed E-state index contributed by atoms with van der Waals surface area (Å²) in [5.41, 5.74) is 1.10. The second-order valence-electron chi connectivity index (χ2n) is 3.58. The van der Waals surface area contributed by atoms with E-state index in [9.17, 15) is 10.1 Å². The van der Waals surface area contributed by atoms with E-state index in [1.54, 1.807) is 0 Å². The normalized spacial score (nSPS) is 10.2. The Morgan fingerprint density at radius 1 is 1.41 bits per heavy atom. The Labute approximate surface area is 97.6 Å². The first-order valence-corrected chi connectivity index (χ1v) is 5.01. The largest absolute Gasteiger partial charge is 0.471 e. The fourth-order valence-corrected chi connectivity index (χ4v) is 1.29. The van der Waals surface area contributed by atoms with Crippen LogP contribution >= 0.6 is 0 Å². The van der Waals surface area contributed by atoms with E-state index >= 15 is 0 Å². The summed E-state index contributed by atoms with van der Waals surface area (Å²) in [6.45, 7) is 2.14. The van der Waals surface area contributed by atoms with Crippen LogP contribution in [-0.2, 0) is 6.73 Å². The molecule has 2 aromatic rings. The van der Waals surface area contributed by atoms with Crippen LogP contribution in [0.25, 0.3) is 0 Å². The molecule has 6 nitrogen and oxygen atoms in total. The second kappa shape index (κ2) is 4.65. The van der Waals surface area contributed by atoms with Crippen molar-refractivity contribution >= 4 is 5.69 Å². The molecule has 0 aliphatic rings. The van der Waals surface area contributed by atoms with Gasteiger partial charge in [-0.3, -0.25) is 10.1 Å². The van der Waals surface area contributed by atoms with Gasteiger partial charge in [0.25, 0.3) is 0 Å². The van der Waals surface area contributed by atoms with E-state index in [0.717, 1.165) is 5.56 Å². The molecule has 0 spiro atoms. The van der Waals surface area contributed by atoms with Gasteiger partial charge in [-0.1, -0.05) is 17.7 Å². The summed E-state index contributed by atoms with van der Waals surface area (Å²) in [5.74, 6) is 0.703. The maximum Gasteiger partial charge on any atom is 0.307 e. The lowest BCUT2D eigenvalue weighted by molar-refractivity contribution is -0.385. The molecule has 0 amide bonds. The Hall–Kier alpha value is -2.37. The molecule has 1 aromatic carbocycles. The van der Waals surface area contributed by atoms with E-state index in [2.05, 4.69) is 5.10 Å². The van der Waals surface area contributed by atoms with Crippen molar-refractivity contribution in [3.8, 4) is 5.75 Å². The molecule has 1 heterocycles. The molecule has 0 atom stereocenters. The molecule has 1 aromatic heterocycles. The molecule has 0 saturated carbocycles. The fraction of sp³-hybridized carbons (Fsp3) is 0.182. The highest BCUT2D eigenvalue weighted by molar-refractivity contribution is 5.26. The van der Waals surface area contributed by atoms with E-state index < -0.39 is 4.92 Å². The van der Waals surface area contributed by atoms with Crippen molar-refractivity contribution in [3.63, 3.8) is 0 Å². The smallest absolute Gasteiger partial charge is 0.307 e. The summed E-state index contributed by atoms with van der Waals surface area (Å²) in [4.78, 5) is 9.95. The molecule has 0 bridgehead atoms. The number of aryl methyl sites for hydroxylation is 1. The molecule has 0 saturated heterocycles. The predicted octanol–water partition coefficient (Wildman–Crippen LogP) is 2.14. The van der Waals surface area contributed by atoms with Crippen LogP contribution < -0.4 is 4.74 Å². The van der Waals surface area contributed by atoms with Crippen LogP contribution in [0.2, 0.25) is 0 Å². The summed E-state index contributed by atoms with van der Waals surface area (Å²) < 4.78 is 6.79. The zero-order valence-electron chi connectivity index (χ0n) is 9.24. The second-order valence-corrected chi connectivity index (χ2v) is 3.58. The number of hydrogen-bond donors (Lipinski definition) is 0. The van der Waals surface area contributed by atoms with Crippen LogP contribution in [0.4, 0.5) is 5.69 Å². The van der Waals surface area contributed by atoms with Gasteiger partial charge in [0.05, 0.1) is 4.92 Å². The van der Waals surface area contributed by atoms with E-state index in [1.807, 2.05) is 31.2 Å². The highest BCUT2D eigenvalue weighted by Crippen LogP contribution is 2.13. The van der Waals surface area contributed by atoms with Gasteiger partial charge in [0, 0.05) is 0 Å². The maximum absolute atomic E-state index is 10.4. The van der Waals surface area contributed by atoms with Crippen molar-refractivity contribution in [2.45, 2.75) is 13.7 Å². The topological polar surface area (TPSA) is 70.2 Å². The minimum absolute atomic E-state index is 0.0440.